The molecule has 0 aromatic heterocycles. The lowest BCUT2D eigenvalue weighted by molar-refractivity contribution is 0.0793. The van der Waals surface area contributed by atoms with Crippen molar-refractivity contribution < 1.29 is 5.11 Å². The van der Waals surface area contributed by atoms with Crippen molar-refractivity contribution in [3.63, 3.8) is 0 Å². The Labute approximate surface area is 106 Å². The van der Waals surface area contributed by atoms with Gasteiger partial charge in [0.05, 0.1) is 12.1 Å². The van der Waals surface area contributed by atoms with Crippen molar-refractivity contribution >= 4 is 0 Å². The molecule has 0 bridgehead atoms. The number of rotatable bonds is 6. The second kappa shape index (κ2) is 5.68. The van der Waals surface area contributed by atoms with E-state index in [1.165, 1.54) is 44.9 Å². The number of aliphatic hydroxyl groups is 1. The monoisotopic (exact) mass is 240 g/mol. The SMILES string of the molecule is CNC(CO)(CN(C)C1CCCCC1)C1CC1. The highest BCUT2D eigenvalue weighted by atomic mass is 16.3. The van der Waals surface area contributed by atoms with Gasteiger partial charge in [-0.2, -0.15) is 0 Å². The Morgan fingerprint density at radius 3 is 2.29 bits per heavy atom. The van der Waals surface area contributed by atoms with Crippen LogP contribution in [0.25, 0.3) is 0 Å². The first-order valence-corrected chi connectivity index (χ1v) is 7.22. The second-order valence-electron chi connectivity index (χ2n) is 6.05. The first-order chi connectivity index (χ1) is 8.22. The Balaban J connectivity index is 1.92. The van der Waals surface area contributed by atoms with E-state index in [4.69, 9.17) is 0 Å². The fourth-order valence-electron chi connectivity index (χ4n) is 3.40. The zero-order chi connectivity index (χ0) is 12.3. The van der Waals surface area contributed by atoms with E-state index >= 15 is 0 Å². The summed E-state index contributed by atoms with van der Waals surface area (Å²) in [5, 5.41) is 13.2. The minimum Gasteiger partial charge on any atom is -0.394 e. The van der Waals surface area contributed by atoms with Gasteiger partial charge in [-0.3, -0.25) is 0 Å². The van der Waals surface area contributed by atoms with E-state index in [-0.39, 0.29) is 12.1 Å². The summed E-state index contributed by atoms with van der Waals surface area (Å²) in [7, 11) is 4.24. The van der Waals surface area contributed by atoms with E-state index in [2.05, 4.69) is 17.3 Å². The highest BCUT2D eigenvalue weighted by Crippen LogP contribution is 2.40. The average molecular weight is 240 g/mol. The molecule has 0 spiro atoms. The van der Waals surface area contributed by atoms with E-state index in [1.807, 2.05) is 7.05 Å². The van der Waals surface area contributed by atoms with E-state index in [9.17, 15) is 5.11 Å². The zero-order valence-corrected chi connectivity index (χ0v) is 11.4. The molecule has 17 heavy (non-hydrogen) atoms. The molecule has 2 saturated carbocycles. The van der Waals surface area contributed by atoms with Crippen LogP contribution >= 0.6 is 0 Å². The molecule has 0 radical (unpaired) electrons. The van der Waals surface area contributed by atoms with Gasteiger partial charge in [0.2, 0.25) is 0 Å². The molecule has 2 aliphatic rings. The topological polar surface area (TPSA) is 35.5 Å². The van der Waals surface area contributed by atoms with E-state index in [0.717, 1.165) is 12.6 Å². The number of hydrogen-bond donors (Lipinski definition) is 2. The van der Waals surface area contributed by atoms with Crippen molar-refractivity contribution in [1.82, 2.24) is 10.2 Å². The van der Waals surface area contributed by atoms with Gasteiger partial charge in [-0.25, -0.2) is 0 Å². The number of aliphatic hydroxyl groups excluding tert-OH is 1. The maximum atomic E-state index is 9.75. The Kier molecular flexibility index (Phi) is 4.45. The molecule has 0 heterocycles. The minimum absolute atomic E-state index is 0.0494. The summed E-state index contributed by atoms with van der Waals surface area (Å²) < 4.78 is 0. The number of hydrogen-bond acceptors (Lipinski definition) is 3. The van der Waals surface area contributed by atoms with Crippen molar-refractivity contribution in [3.05, 3.63) is 0 Å². The van der Waals surface area contributed by atoms with Crippen LogP contribution in [-0.2, 0) is 0 Å². The van der Waals surface area contributed by atoms with Gasteiger partial charge in [0.1, 0.15) is 0 Å². The van der Waals surface area contributed by atoms with Gasteiger partial charge in [-0.05, 0) is 45.7 Å². The van der Waals surface area contributed by atoms with Gasteiger partial charge >= 0.3 is 0 Å². The van der Waals surface area contributed by atoms with Crippen LogP contribution in [-0.4, -0.2) is 48.8 Å². The van der Waals surface area contributed by atoms with Crippen molar-refractivity contribution in [2.75, 3.05) is 27.2 Å². The van der Waals surface area contributed by atoms with Crippen LogP contribution < -0.4 is 5.32 Å². The molecule has 2 aliphatic carbocycles. The molecule has 0 saturated heterocycles. The molecule has 0 amide bonds. The summed E-state index contributed by atoms with van der Waals surface area (Å²) in [6.45, 7) is 1.26. The van der Waals surface area contributed by atoms with Crippen LogP contribution in [0.3, 0.4) is 0 Å². The predicted octanol–water partition coefficient (Wildman–Crippen LogP) is 1.61. The summed E-state index contributed by atoms with van der Waals surface area (Å²) in [5.74, 6) is 0.684. The lowest BCUT2D eigenvalue weighted by Gasteiger charge is -2.40. The summed E-state index contributed by atoms with van der Waals surface area (Å²) in [6.07, 6.45) is 9.40. The smallest absolute Gasteiger partial charge is 0.0628 e. The van der Waals surface area contributed by atoms with Gasteiger partial charge in [-0.15, -0.1) is 0 Å². The maximum Gasteiger partial charge on any atom is 0.0628 e. The molecule has 1 unspecified atom stereocenters. The molecule has 3 heteroatoms. The van der Waals surface area contributed by atoms with Crippen molar-refractivity contribution in [2.24, 2.45) is 5.92 Å². The quantitative estimate of drug-likeness (QED) is 0.740. The molecule has 2 N–H and O–H groups in total. The molecular weight excluding hydrogens is 212 g/mol. The molecule has 100 valence electrons. The van der Waals surface area contributed by atoms with Gasteiger partial charge in [0.15, 0.2) is 0 Å². The molecule has 0 aromatic carbocycles. The van der Waals surface area contributed by atoms with Crippen LogP contribution in [0.2, 0.25) is 0 Å². The summed E-state index contributed by atoms with van der Waals surface area (Å²) >= 11 is 0. The van der Waals surface area contributed by atoms with E-state index in [1.54, 1.807) is 0 Å². The zero-order valence-electron chi connectivity index (χ0n) is 11.4. The van der Waals surface area contributed by atoms with Crippen LogP contribution in [0.15, 0.2) is 0 Å². The normalized spacial score (nSPS) is 26.1. The van der Waals surface area contributed by atoms with Crippen LogP contribution in [0, 0.1) is 5.92 Å². The Morgan fingerprint density at radius 1 is 1.18 bits per heavy atom. The maximum absolute atomic E-state index is 9.75. The Hall–Kier alpha value is -0.120. The van der Waals surface area contributed by atoms with Crippen LogP contribution in [0.4, 0.5) is 0 Å². The lowest BCUT2D eigenvalue weighted by atomic mass is 9.90. The summed E-state index contributed by atoms with van der Waals surface area (Å²) in [4.78, 5) is 2.49. The first-order valence-electron chi connectivity index (χ1n) is 7.22. The van der Waals surface area contributed by atoms with Crippen molar-refractivity contribution in [2.45, 2.75) is 56.5 Å². The van der Waals surface area contributed by atoms with Crippen molar-refractivity contribution in [1.29, 1.82) is 0 Å². The largest absolute Gasteiger partial charge is 0.394 e. The fraction of sp³-hybridized carbons (Fsp3) is 1.00. The molecule has 2 rings (SSSR count). The highest BCUT2D eigenvalue weighted by Gasteiger charge is 2.44. The molecule has 2 fully saturated rings. The molecule has 0 aromatic rings. The van der Waals surface area contributed by atoms with E-state index in [0.29, 0.717) is 5.92 Å². The van der Waals surface area contributed by atoms with Crippen LogP contribution in [0.1, 0.15) is 44.9 Å². The van der Waals surface area contributed by atoms with Crippen molar-refractivity contribution in [3.8, 4) is 0 Å². The second-order valence-corrected chi connectivity index (χ2v) is 6.05. The Morgan fingerprint density at radius 2 is 1.82 bits per heavy atom. The van der Waals surface area contributed by atoms with Gasteiger partial charge in [0.25, 0.3) is 0 Å². The minimum atomic E-state index is -0.0494. The number of nitrogens with one attached hydrogen (secondary N) is 1. The predicted molar refractivity (Wildman–Crippen MR) is 71.1 cm³/mol. The van der Waals surface area contributed by atoms with Gasteiger partial charge in [0, 0.05) is 12.6 Å². The average Bonchev–Trinajstić information content (AvgIpc) is 3.21. The third-order valence-electron chi connectivity index (χ3n) is 4.87. The molecule has 1 atom stereocenters. The van der Waals surface area contributed by atoms with E-state index < -0.39 is 0 Å². The highest BCUT2D eigenvalue weighted by molar-refractivity contribution is 5.02. The number of likely N-dealkylation sites (N-methyl/N-ethyl adjacent to an activating group) is 2. The molecule has 0 aliphatic heterocycles. The third-order valence-corrected chi connectivity index (χ3v) is 4.87. The van der Waals surface area contributed by atoms with Gasteiger partial charge < -0.3 is 15.3 Å². The summed E-state index contributed by atoms with van der Waals surface area (Å²) in [6, 6.07) is 0.738. The molecular formula is C14H28N2O. The van der Waals surface area contributed by atoms with Gasteiger partial charge in [-0.1, -0.05) is 19.3 Å². The van der Waals surface area contributed by atoms with Crippen LogP contribution in [0.5, 0.6) is 0 Å². The molecule has 3 nitrogen and oxygen atoms in total. The number of nitrogens with zero attached hydrogens (tertiary/aromatic N) is 1. The fourth-order valence-corrected chi connectivity index (χ4v) is 3.40. The lowest BCUT2D eigenvalue weighted by Crippen LogP contribution is -2.57. The standard InChI is InChI=1S/C14H28N2O/c1-15-14(11-17,12-8-9-12)10-16(2)13-6-4-3-5-7-13/h12-13,15,17H,3-11H2,1-2H3. The first kappa shape index (κ1) is 13.3. The Bertz CT molecular complexity index is 230. The summed E-state index contributed by atoms with van der Waals surface area (Å²) in [5.41, 5.74) is -0.0494. The third kappa shape index (κ3) is 3.01.